The summed E-state index contributed by atoms with van der Waals surface area (Å²) in [6.07, 6.45) is 2.19. The standard InChI is InChI=1S/C23H25ClN6O/c1-15(2)20-13-28(23-27-18-9-6-8-17(24)21(18)31-23)11-12-29(20)22(26)30(14-25)19-10-5-4-7-16(19)3/h4-10,15,20,26H,11-13H2,1-3H3. The third-order valence-electron chi connectivity index (χ3n) is 5.75. The van der Waals surface area contributed by atoms with Crippen molar-refractivity contribution in [1.29, 1.82) is 10.7 Å². The first-order chi connectivity index (χ1) is 14.9. The number of hydrogen-bond acceptors (Lipinski definition) is 5. The summed E-state index contributed by atoms with van der Waals surface area (Å²) in [6.45, 7) is 8.05. The van der Waals surface area contributed by atoms with Crippen LogP contribution in [0, 0.1) is 29.7 Å². The number of nitrogens with zero attached hydrogens (tertiary/aromatic N) is 5. The van der Waals surface area contributed by atoms with E-state index in [9.17, 15) is 5.26 Å². The summed E-state index contributed by atoms with van der Waals surface area (Å²) in [7, 11) is 0. The first-order valence-corrected chi connectivity index (χ1v) is 10.7. The van der Waals surface area contributed by atoms with Gasteiger partial charge in [0.15, 0.2) is 11.8 Å². The number of nitrogens with one attached hydrogen (secondary N) is 1. The molecule has 4 rings (SSSR count). The van der Waals surface area contributed by atoms with E-state index in [1.54, 1.807) is 6.07 Å². The molecule has 2 aromatic carbocycles. The average Bonchev–Trinajstić information content (AvgIpc) is 3.21. The lowest BCUT2D eigenvalue weighted by Gasteiger charge is -2.45. The molecule has 1 aliphatic heterocycles. The van der Waals surface area contributed by atoms with Crippen LogP contribution < -0.4 is 9.80 Å². The molecule has 0 aliphatic carbocycles. The highest BCUT2D eigenvalue weighted by molar-refractivity contribution is 6.34. The lowest BCUT2D eigenvalue weighted by Crippen LogP contribution is -2.60. The van der Waals surface area contributed by atoms with Gasteiger partial charge in [0.1, 0.15) is 5.52 Å². The Kier molecular flexibility index (Phi) is 5.75. The highest BCUT2D eigenvalue weighted by atomic mass is 35.5. The van der Waals surface area contributed by atoms with Crippen LogP contribution in [0.4, 0.5) is 11.7 Å². The highest BCUT2D eigenvalue weighted by Crippen LogP contribution is 2.30. The number of nitriles is 1. The monoisotopic (exact) mass is 436 g/mol. The molecule has 1 saturated heterocycles. The number of aromatic nitrogens is 1. The smallest absolute Gasteiger partial charge is 0.298 e. The van der Waals surface area contributed by atoms with Crippen LogP contribution >= 0.6 is 11.6 Å². The maximum Gasteiger partial charge on any atom is 0.298 e. The lowest BCUT2D eigenvalue weighted by atomic mass is 10.00. The maximum atomic E-state index is 9.83. The SMILES string of the molecule is Cc1ccccc1N(C#N)C(=N)N1CCN(c2nc3cccc(Cl)c3o2)CC1C(C)C. The first kappa shape index (κ1) is 21.0. The molecule has 7 nitrogen and oxygen atoms in total. The molecular formula is C23H25ClN6O. The lowest BCUT2D eigenvalue weighted by molar-refractivity contribution is 0.217. The summed E-state index contributed by atoms with van der Waals surface area (Å²) in [6, 6.07) is 13.7. The van der Waals surface area contributed by atoms with Crippen molar-refractivity contribution in [3.63, 3.8) is 0 Å². The topological polar surface area (TPSA) is 83.4 Å². The Bertz CT molecular complexity index is 1150. The fraction of sp³-hybridized carbons (Fsp3) is 0.348. The first-order valence-electron chi connectivity index (χ1n) is 10.3. The van der Waals surface area contributed by atoms with E-state index < -0.39 is 0 Å². The van der Waals surface area contributed by atoms with Crippen molar-refractivity contribution in [2.45, 2.75) is 26.8 Å². The molecule has 0 saturated carbocycles. The van der Waals surface area contributed by atoms with E-state index in [-0.39, 0.29) is 17.9 Å². The number of hydrogen-bond donors (Lipinski definition) is 1. The van der Waals surface area contributed by atoms with Gasteiger partial charge < -0.3 is 14.2 Å². The van der Waals surface area contributed by atoms with Gasteiger partial charge in [0.25, 0.3) is 6.01 Å². The summed E-state index contributed by atoms with van der Waals surface area (Å²) in [5, 5.41) is 19.2. The zero-order valence-electron chi connectivity index (χ0n) is 17.8. The van der Waals surface area contributed by atoms with E-state index in [0.29, 0.717) is 36.3 Å². The number of halogens is 1. The van der Waals surface area contributed by atoms with Crippen molar-refractivity contribution < 1.29 is 4.42 Å². The number of guanidine groups is 1. The fourth-order valence-electron chi connectivity index (χ4n) is 4.01. The number of piperazine rings is 1. The number of fused-ring (bicyclic) bond motifs is 1. The van der Waals surface area contributed by atoms with Gasteiger partial charge in [-0.3, -0.25) is 5.41 Å². The molecule has 0 spiro atoms. The molecule has 2 heterocycles. The molecule has 1 aliphatic rings. The number of benzene rings is 2. The van der Waals surface area contributed by atoms with Crippen LogP contribution in [0.2, 0.25) is 5.02 Å². The second kappa shape index (κ2) is 8.48. The minimum atomic E-state index is 0.0200. The zero-order valence-corrected chi connectivity index (χ0v) is 18.6. The van der Waals surface area contributed by atoms with Crippen molar-refractivity contribution in [3.05, 3.63) is 53.1 Å². The molecule has 8 heteroatoms. The van der Waals surface area contributed by atoms with E-state index in [1.807, 2.05) is 48.2 Å². The van der Waals surface area contributed by atoms with Crippen LogP contribution in [0.15, 0.2) is 46.9 Å². The van der Waals surface area contributed by atoms with Gasteiger partial charge in [-0.25, -0.2) is 4.90 Å². The second-order valence-electron chi connectivity index (χ2n) is 8.08. The minimum Gasteiger partial charge on any atom is -0.422 e. The summed E-state index contributed by atoms with van der Waals surface area (Å²) < 4.78 is 5.96. The molecule has 1 fully saturated rings. The quantitative estimate of drug-likeness (QED) is 0.273. The van der Waals surface area contributed by atoms with E-state index in [0.717, 1.165) is 16.8 Å². The molecule has 1 unspecified atom stereocenters. The van der Waals surface area contributed by atoms with Crippen LogP contribution in [0.25, 0.3) is 11.1 Å². The van der Waals surface area contributed by atoms with Gasteiger partial charge in [0.2, 0.25) is 5.96 Å². The minimum absolute atomic E-state index is 0.0200. The normalized spacial score (nSPS) is 16.6. The van der Waals surface area contributed by atoms with Gasteiger partial charge in [-0.1, -0.05) is 49.7 Å². The number of oxazole rings is 1. The summed E-state index contributed by atoms with van der Waals surface area (Å²) in [5.74, 6) is 0.448. The van der Waals surface area contributed by atoms with Crippen molar-refractivity contribution in [2.24, 2.45) is 5.92 Å². The number of aryl methyl sites for hydroxylation is 1. The molecule has 31 heavy (non-hydrogen) atoms. The fourth-order valence-corrected chi connectivity index (χ4v) is 4.22. The van der Waals surface area contributed by atoms with E-state index >= 15 is 0 Å². The molecule has 0 radical (unpaired) electrons. The van der Waals surface area contributed by atoms with Crippen molar-refractivity contribution >= 4 is 40.4 Å². The Balaban J connectivity index is 1.59. The highest BCUT2D eigenvalue weighted by Gasteiger charge is 2.35. The third-order valence-corrected chi connectivity index (χ3v) is 6.05. The van der Waals surface area contributed by atoms with Crippen LogP contribution in [0.1, 0.15) is 19.4 Å². The number of rotatable bonds is 3. The molecule has 1 atom stereocenters. The van der Waals surface area contributed by atoms with Gasteiger partial charge in [-0.2, -0.15) is 10.2 Å². The molecule has 1 N–H and O–H groups in total. The molecule has 0 bridgehead atoms. The Morgan fingerprint density at radius 1 is 1.26 bits per heavy atom. The van der Waals surface area contributed by atoms with Crippen LogP contribution in [-0.2, 0) is 0 Å². The third kappa shape index (κ3) is 3.91. The Labute approximate surface area is 186 Å². The Morgan fingerprint density at radius 2 is 2.03 bits per heavy atom. The summed E-state index contributed by atoms with van der Waals surface area (Å²) >= 11 is 6.25. The van der Waals surface area contributed by atoms with Crippen LogP contribution in [0.5, 0.6) is 0 Å². The van der Waals surface area contributed by atoms with Crippen molar-refractivity contribution in [1.82, 2.24) is 9.88 Å². The van der Waals surface area contributed by atoms with Crippen molar-refractivity contribution in [2.75, 3.05) is 29.4 Å². The predicted octanol–water partition coefficient (Wildman–Crippen LogP) is 4.86. The molecule has 0 amide bonds. The van der Waals surface area contributed by atoms with E-state index in [2.05, 4.69) is 29.9 Å². The van der Waals surface area contributed by atoms with Gasteiger partial charge in [-0.15, -0.1) is 0 Å². The Morgan fingerprint density at radius 3 is 2.71 bits per heavy atom. The summed E-state index contributed by atoms with van der Waals surface area (Å²) in [5.41, 5.74) is 3.00. The average molecular weight is 437 g/mol. The van der Waals surface area contributed by atoms with Gasteiger partial charge in [-0.05, 0) is 36.6 Å². The van der Waals surface area contributed by atoms with Gasteiger partial charge >= 0.3 is 0 Å². The zero-order chi connectivity index (χ0) is 22.1. The number of para-hydroxylation sites is 2. The van der Waals surface area contributed by atoms with Crippen LogP contribution in [-0.4, -0.2) is 41.5 Å². The molecule has 3 aromatic rings. The molecular weight excluding hydrogens is 412 g/mol. The molecule has 1 aromatic heterocycles. The number of anilines is 2. The van der Waals surface area contributed by atoms with Gasteiger partial charge in [0, 0.05) is 19.6 Å². The predicted molar refractivity (Wildman–Crippen MR) is 124 cm³/mol. The largest absolute Gasteiger partial charge is 0.422 e. The van der Waals surface area contributed by atoms with E-state index in [4.69, 9.17) is 21.4 Å². The van der Waals surface area contributed by atoms with E-state index in [1.165, 1.54) is 4.90 Å². The second-order valence-corrected chi connectivity index (χ2v) is 8.49. The van der Waals surface area contributed by atoms with Crippen molar-refractivity contribution in [3.8, 4) is 6.19 Å². The van der Waals surface area contributed by atoms with Crippen LogP contribution in [0.3, 0.4) is 0 Å². The maximum absolute atomic E-state index is 9.83. The summed E-state index contributed by atoms with van der Waals surface area (Å²) in [4.78, 5) is 10.1. The Hall–Kier alpha value is -3.24. The van der Waals surface area contributed by atoms with Gasteiger partial charge in [0.05, 0.1) is 16.8 Å². The molecule has 160 valence electrons.